The van der Waals surface area contributed by atoms with E-state index in [1.807, 2.05) is 4.90 Å². The van der Waals surface area contributed by atoms with Crippen LogP contribution in [0.25, 0.3) is 0 Å². The van der Waals surface area contributed by atoms with Gasteiger partial charge in [-0.2, -0.15) is 4.31 Å². The average molecular weight is 417 g/mol. The van der Waals surface area contributed by atoms with E-state index in [1.165, 1.54) is 22.8 Å². The first-order valence-electron chi connectivity index (χ1n) is 9.14. The van der Waals surface area contributed by atoms with Crippen LogP contribution in [0.1, 0.15) is 17.3 Å². The van der Waals surface area contributed by atoms with Gasteiger partial charge in [-0.1, -0.05) is 0 Å². The third-order valence-electron chi connectivity index (χ3n) is 4.91. The van der Waals surface area contributed by atoms with Crippen LogP contribution < -0.4 is 11.1 Å². The normalized spacial score (nSPS) is 16.9. The van der Waals surface area contributed by atoms with Crippen molar-refractivity contribution in [2.45, 2.75) is 17.9 Å². The van der Waals surface area contributed by atoms with Gasteiger partial charge >= 0.3 is 0 Å². The molecule has 0 aliphatic carbocycles. The topological polar surface area (TPSA) is 126 Å². The van der Waals surface area contributed by atoms with Crippen LogP contribution in [-0.2, 0) is 14.8 Å². The first-order chi connectivity index (χ1) is 13.8. The lowest BCUT2D eigenvalue weighted by atomic mass is 10.2. The molecule has 154 valence electrons. The number of hydrogen-bond acceptors (Lipinski definition) is 6. The molecule has 2 heterocycles. The molecule has 1 aromatic heterocycles. The average Bonchev–Trinajstić information content (AvgIpc) is 2.74. The van der Waals surface area contributed by atoms with Crippen molar-refractivity contribution in [2.24, 2.45) is 5.73 Å². The number of nitrogens with zero attached hydrogens (tertiary/aromatic N) is 3. The minimum Gasteiger partial charge on any atom is -0.366 e. The molecule has 0 saturated carbocycles. The number of carbonyl (C=O) groups is 2. The molecule has 2 aromatic rings. The number of hydrogen-bond donors (Lipinski definition) is 2. The summed E-state index contributed by atoms with van der Waals surface area (Å²) in [5.41, 5.74) is 6.13. The standard InChI is InChI=1S/C19H23N5O4S/c1-14(19(26)22-16-6-4-15(5-7-16)18(20)25)23-9-11-24(12-10-23)29(27,28)17-3-2-8-21-13-17/h2-8,13-14H,9-12H2,1H3,(H2,20,25)(H,22,26). The molecule has 1 fully saturated rings. The molecule has 29 heavy (non-hydrogen) atoms. The molecule has 1 unspecified atom stereocenters. The fourth-order valence-electron chi connectivity index (χ4n) is 3.11. The third-order valence-corrected chi connectivity index (χ3v) is 6.79. The molecule has 1 aliphatic heterocycles. The fraction of sp³-hybridized carbons (Fsp3) is 0.316. The zero-order chi connectivity index (χ0) is 21.0. The summed E-state index contributed by atoms with van der Waals surface area (Å²) in [6, 6.07) is 9.00. The number of primary amides is 1. The van der Waals surface area contributed by atoms with E-state index in [1.54, 1.807) is 37.3 Å². The Morgan fingerprint density at radius 2 is 1.76 bits per heavy atom. The second-order valence-corrected chi connectivity index (χ2v) is 8.67. The Morgan fingerprint density at radius 1 is 1.10 bits per heavy atom. The second-order valence-electron chi connectivity index (χ2n) is 6.74. The summed E-state index contributed by atoms with van der Waals surface area (Å²) in [6.45, 7) is 3.24. The SMILES string of the molecule is CC(C(=O)Nc1ccc(C(N)=O)cc1)N1CCN(S(=O)(=O)c2cccnc2)CC1. The molecular formula is C19H23N5O4S. The number of benzene rings is 1. The van der Waals surface area contributed by atoms with Crippen molar-refractivity contribution in [3.63, 3.8) is 0 Å². The monoisotopic (exact) mass is 417 g/mol. The Kier molecular flexibility index (Phi) is 6.26. The summed E-state index contributed by atoms with van der Waals surface area (Å²) in [4.78, 5) is 29.6. The van der Waals surface area contributed by atoms with E-state index in [0.717, 1.165) is 0 Å². The number of sulfonamides is 1. The Bertz CT molecular complexity index is 971. The van der Waals surface area contributed by atoms with E-state index in [9.17, 15) is 18.0 Å². The number of aromatic nitrogens is 1. The molecule has 2 amide bonds. The molecular weight excluding hydrogens is 394 g/mol. The zero-order valence-corrected chi connectivity index (χ0v) is 16.8. The van der Waals surface area contributed by atoms with Gasteiger partial charge in [0.15, 0.2) is 0 Å². The Hall–Kier alpha value is -2.82. The van der Waals surface area contributed by atoms with Crippen molar-refractivity contribution in [3.05, 3.63) is 54.4 Å². The minimum absolute atomic E-state index is 0.165. The van der Waals surface area contributed by atoms with Crippen LogP contribution in [0, 0.1) is 0 Å². The Labute approximate surface area is 169 Å². The lowest BCUT2D eigenvalue weighted by Gasteiger charge is -2.36. The number of anilines is 1. The predicted octanol–water partition coefficient (Wildman–Crippen LogP) is 0.514. The molecule has 3 rings (SSSR count). The van der Waals surface area contributed by atoms with Gasteiger partial charge in [0.05, 0.1) is 6.04 Å². The van der Waals surface area contributed by atoms with Crippen molar-refractivity contribution in [3.8, 4) is 0 Å². The number of pyridine rings is 1. The van der Waals surface area contributed by atoms with Crippen LogP contribution in [0.2, 0.25) is 0 Å². The summed E-state index contributed by atoms with van der Waals surface area (Å²) in [6.07, 6.45) is 2.86. The van der Waals surface area contributed by atoms with E-state index in [0.29, 0.717) is 37.4 Å². The molecule has 1 atom stereocenters. The number of nitrogens with one attached hydrogen (secondary N) is 1. The first-order valence-corrected chi connectivity index (χ1v) is 10.6. The number of nitrogens with two attached hydrogens (primary N) is 1. The van der Waals surface area contributed by atoms with Crippen molar-refractivity contribution in [1.82, 2.24) is 14.2 Å². The fourth-order valence-corrected chi connectivity index (χ4v) is 4.50. The first kappa shape index (κ1) is 20.9. The van der Waals surface area contributed by atoms with Crippen LogP contribution in [0.5, 0.6) is 0 Å². The van der Waals surface area contributed by atoms with Crippen LogP contribution in [0.4, 0.5) is 5.69 Å². The van der Waals surface area contributed by atoms with Gasteiger partial charge in [0.25, 0.3) is 0 Å². The summed E-state index contributed by atoms with van der Waals surface area (Å²) in [5.74, 6) is -0.740. The van der Waals surface area contributed by atoms with E-state index in [4.69, 9.17) is 5.73 Å². The van der Waals surface area contributed by atoms with E-state index in [2.05, 4.69) is 10.3 Å². The highest BCUT2D eigenvalue weighted by Crippen LogP contribution is 2.18. The molecule has 0 spiro atoms. The van der Waals surface area contributed by atoms with Crippen molar-refractivity contribution in [1.29, 1.82) is 0 Å². The van der Waals surface area contributed by atoms with Gasteiger partial charge in [-0.25, -0.2) is 8.42 Å². The largest absolute Gasteiger partial charge is 0.366 e. The summed E-state index contributed by atoms with van der Waals surface area (Å²) in [7, 11) is -3.59. The molecule has 10 heteroatoms. The number of carbonyl (C=O) groups excluding carboxylic acids is 2. The highest BCUT2D eigenvalue weighted by molar-refractivity contribution is 7.89. The van der Waals surface area contributed by atoms with Gasteiger partial charge in [-0.3, -0.25) is 19.5 Å². The minimum atomic E-state index is -3.59. The van der Waals surface area contributed by atoms with Gasteiger partial charge in [-0.05, 0) is 43.3 Å². The van der Waals surface area contributed by atoms with Gasteiger partial charge < -0.3 is 11.1 Å². The van der Waals surface area contributed by atoms with E-state index >= 15 is 0 Å². The number of piperazine rings is 1. The number of rotatable bonds is 6. The Balaban J connectivity index is 1.57. The van der Waals surface area contributed by atoms with Crippen LogP contribution in [0.3, 0.4) is 0 Å². The molecule has 1 saturated heterocycles. The molecule has 0 bridgehead atoms. The van der Waals surface area contributed by atoms with Gasteiger partial charge in [0.2, 0.25) is 21.8 Å². The number of amides is 2. The molecule has 9 nitrogen and oxygen atoms in total. The summed E-state index contributed by atoms with van der Waals surface area (Å²) < 4.78 is 26.7. The molecule has 0 radical (unpaired) electrons. The maximum atomic E-state index is 12.7. The van der Waals surface area contributed by atoms with Gasteiger partial charge in [0.1, 0.15) is 4.90 Å². The maximum absolute atomic E-state index is 12.7. The third kappa shape index (κ3) is 4.78. The van der Waals surface area contributed by atoms with Crippen molar-refractivity contribution < 1.29 is 18.0 Å². The predicted molar refractivity (Wildman–Crippen MR) is 108 cm³/mol. The smallest absolute Gasteiger partial charge is 0.248 e. The Morgan fingerprint density at radius 3 is 2.31 bits per heavy atom. The van der Waals surface area contributed by atoms with Crippen LogP contribution >= 0.6 is 0 Å². The lowest BCUT2D eigenvalue weighted by Crippen LogP contribution is -2.53. The van der Waals surface area contributed by atoms with Crippen molar-refractivity contribution >= 4 is 27.5 Å². The highest BCUT2D eigenvalue weighted by atomic mass is 32.2. The highest BCUT2D eigenvalue weighted by Gasteiger charge is 2.31. The molecule has 1 aliphatic rings. The molecule has 1 aromatic carbocycles. The second kappa shape index (κ2) is 8.68. The summed E-state index contributed by atoms with van der Waals surface area (Å²) >= 11 is 0. The maximum Gasteiger partial charge on any atom is 0.248 e. The van der Waals surface area contributed by atoms with Crippen LogP contribution in [0.15, 0.2) is 53.7 Å². The zero-order valence-electron chi connectivity index (χ0n) is 16.0. The van der Waals surface area contributed by atoms with Gasteiger partial charge in [-0.15, -0.1) is 0 Å². The van der Waals surface area contributed by atoms with E-state index < -0.39 is 22.0 Å². The lowest BCUT2D eigenvalue weighted by molar-refractivity contribution is -0.121. The van der Waals surface area contributed by atoms with Crippen LogP contribution in [-0.4, -0.2) is 66.6 Å². The molecule has 3 N–H and O–H groups in total. The van der Waals surface area contributed by atoms with Crippen molar-refractivity contribution in [2.75, 3.05) is 31.5 Å². The van der Waals surface area contributed by atoms with Gasteiger partial charge in [0, 0.05) is 49.8 Å². The quantitative estimate of drug-likeness (QED) is 0.706. The summed E-state index contributed by atoms with van der Waals surface area (Å²) in [5, 5.41) is 2.80. The van der Waals surface area contributed by atoms with E-state index in [-0.39, 0.29) is 10.8 Å².